The molecule has 1 atom stereocenters. The fraction of sp³-hybridized carbons (Fsp3) is 0.167. The van der Waals surface area contributed by atoms with Gasteiger partial charge in [-0.05, 0) is 30.3 Å². The second kappa shape index (κ2) is 7.70. The van der Waals surface area contributed by atoms with Gasteiger partial charge in [-0.2, -0.15) is 0 Å². The van der Waals surface area contributed by atoms with Crippen molar-refractivity contribution in [1.82, 2.24) is 4.90 Å². The molecule has 1 spiro atoms. The second-order valence-electron chi connectivity index (χ2n) is 7.54. The van der Waals surface area contributed by atoms with Crippen LogP contribution < -0.4 is 4.90 Å². The number of halogens is 3. The monoisotopic (exact) mass is 454 g/mol. The average molecular weight is 454 g/mol. The zero-order valence-electron chi connectivity index (χ0n) is 16.7. The number of amides is 2. The van der Waals surface area contributed by atoms with Crippen molar-refractivity contribution >= 4 is 29.3 Å². The van der Waals surface area contributed by atoms with Crippen LogP contribution in [-0.4, -0.2) is 29.0 Å². The average Bonchev–Trinajstić information content (AvgIpc) is 3.33. The Bertz CT molecular complexity index is 1230. The Morgan fingerprint density at radius 3 is 2.31 bits per heavy atom. The number of nitrogens with zero attached hydrogens (tertiary/aromatic N) is 2. The number of rotatable bonds is 3. The normalized spacial score (nSPS) is 19.7. The lowest BCUT2D eigenvalue weighted by atomic mass is 10.0. The van der Waals surface area contributed by atoms with E-state index in [-0.39, 0.29) is 24.2 Å². The molecule has 5 rings (SSSR count). The molecule has 0 saturated carbocycles. The van der Waals surface area contributed by atoms with Crippen molar-refractivity contribution in [2.24, 2.45) is 0 Å². The van der Waals surface area contributed by atoms with Crippen molar-refractivity contribution in [2.75, 3.05) is 17.2 Å². The third kappa shape index (κ3) is 2.93. The maximum absolute atomic E-state index is 14.4. The van der Waals surface area contributed by atoms with Crippen molar-refractivity contribution in [3.63, 3.8) is 0 Å². The summed E-state index contributed by atoms with van der Waals surface area (Å²) in [6.07, 6.45) is 0. The summed E-state index contributed by atoms with van der Waals surface area (Å²) in [5.74, 6) is -2.80. The Balaban J connectivity index is 1.61. The van der Waals surface area contributed by atoms with E-state index >= 15 is 0 Å². The number of anilines is 1. The molecule has 3 aromatic carbocycles. The molecule has 3 aromatic rings. The van der Waals surface area contributed by atoms with Crippen LogP contribution >= 0.6 is 11.8 Å². The van der Waals surface area contributed by atoms with Crippen molar-refractivity contribution in [1.29, 1.82) is 0 Å². The first-order chi connectivity index (χ1) is 15.4. The third-order valence-electron chi connectivity index (χ3n) is 5.83. The summed E-state index contributed by atoms with van der Waals surface area (Å²) in [7, 11) is 0. The Hall–Kier alpha value is -3.26. The minimum atomic E-state index is -1.42. The zero-order chi connectivity index (χ0) is 22.5. The number of para-hydroxylation sites is 1. The second-order valence-corrected chi connectivity index (χ2v) is 8.83. The molecular formula is C24H17F3N2O2S. The van der Waals surface area contributed by atoms with Crippen LogP contribution in [-0.2, 0) is 16.2 Å². The summed E-state index contributed by atoms with van der Waals surface area (Å²) in [5, 5.41) is 0. The van der Waals surface area contributed by atoms with Crippen molar-refractivity contribution < 1.29 is 22.8 Å². The molecule has 2 aliphatic rings. The summed E-state index contributed by atoms with van der Waals surface area (Å²) >= 11 is 1.27. The Labute approximate surface area is 186 Å². The summed E-state index contributed by atoms with van der Waals surface area (Å²) < 4.78 is 43.1. The fourth-order valence-corrected chi connectivity index (χ4v) is 5.81. The largest absolute Gasteiger partial charge is 0.311 e. The van der Waals surface area contributed by atoms with E-state index < -0.39 is 34.1 Å². The Kier molecular flexibility index (Phi) is 4.97. The maximum atomic E-state index is 14.4. The highest BCUT2D eigenvalue weighted by molar-refractivity contribution is 8.01. The molecule has 0 aromatic heterocycles. The van der Waals surface area contributed by atoms with Gasteiger partial charge in [-0.1, -0.05) is 36.4 Å². The number of thioether (sulfide) groups is 1. The molecule has 8 heteroatoms. The fourth-order valence-electron chi connectivity index (χ4n) is 4.35. The van der Waals surface area contributed by atoms with Gasteiger partial charge in [0.2, 0.25) is 0 Å². The number of carbonyl (C=O) groups excluding carboxylic acids is 2. The standard InChI is InChI=1S/C24H17F3N2O2S/c25-18-8-3-1-6-15(18)22(30)29-12-13-32-24(29)17-7-2-4-11-21(17)28(23(24)31)14-16-19(26)9-5-10-20(16)27/h1-11H,12-14H2/t24-/m0/s1. The molecular weight excluding hydrogens is 437 g/mol. The maximum Gasteiger partial charge on any atom is 0.268 e. The van der Waals surface area contributed by atoms with Gasteiger partial charge in [-0.15, -0.1) is 11.8 Å². The molecule has 2 heterocycles. The van der Waals surface area contributed by atoms with Crippen LogP contribution in [0.3, 0.4) is 0 Å². The molecule has 0 bridgehead atoms. The molecule has 0 unspecified atom stereocenters. The van der Waals surface area contributed by atoms with Gasteiger partial charge in [0.1, 0.15) is 17.5 Å². The molecule has 0 radical (unpaired) electrons. The van der Waals surface area contributed by atoms with E-state index in [4.69, 9.17) is 0 Å². The number of hydrogen-bond acceptors (Lipinski definition) is 3. The van der Waals surface area contributed by atoms with Crippen LogP contribution in [0, 0.1) is 17.5 Å². The molecule has 2 amide bonds. The highest BCUT2D eigenvalue weighted by Crippen LogP contribution is 2.54. The number of benzene rings is 3. The smallest absolute Gasteiger partial charge is 0.268 e. The van der Waals surface area contributed by atoms with E-state index in [0.717, 1.165) is 12.1 Å². The van der Waals surface area contributed by atoms with Crippen LogP contribution in [0.1, 0.15) is 21.5 Å². The van der Waals surface area contributed by atoms with Gasteiger partial charge in [0, 0.05) is 23.4 Å². The van der Waals surface area contributed by atoms with E-state index in [9.17, 15) is 22.8 Å². The Morgan fingerprint density at radius 2 is 1.56 bits per heavy atom. The molecule has 32 heavy (non-hydrogen) atoms. The predicted octanol–water partition coefficient (Wildman–Crippen LogP) is 4.69. The topological polar surface area (TPSA) is 40.6 Å². The minimum Gasteiger partial charge on any atom is -0.311 e. The summed E-state index contributed by atoms with van der Waals surface area (Å²) in [6, 6.07) is 16.0. The number of fused-ring (bicyclic) bond motifs is 2. The molecule has 2 aliphatic heterocycles. The molecule has 1 fully saturated rings. The molecule has 0 N–H and O–H groups in total. The van der Waals surface area contributed by atoms with Crippen LogP contribution in [0.25, 0.3) is 0 Å². The van der Waals surface area contributed by atoms with Crippen LogP contribution in [0.15, 0.2) is 66.7 Å². The van der Waals surface area contributed by atoms with Crippen molar-refractivity contribution in [2.45, 2.75) is 11.4 Å². The highest BCUT2D eigenvalue weighted by Gasteiger charge is 2.59. The SMILES string of the molecule is O=C(c1ccccc1F)N1CCS[C@@]12C(=O)N(Cc1c(F)cccc1F)c1ccccc12. The first kappa shape index (κ1) is 20.6. The number of hydrogen-bond donors (Lipinski definition) is 0. The highest BCUT2D eigenvalue weighted by atomic mass is 32.2. The molecule has 162 valence electrons. The molecule has 4 nitrogen and oxygen atoms in total. The van der Waals surface area contributed by atoms with Gasteiger partial charge >= 0.3 is 0 Å². The third-order valence-corrected chi connectivity index (χ3v) is 7.25. The van der Waals surface area contributed by atoms with E-state index in [0.29, 0.717) is 17.0 Å². The lowest BCUT2D eigenvalue weighted by Crippen LogP contribution is -2.50. The quantitative estimate of drug-likeness (QED) is 0.577. The van der Waals surface area contributed by atoms with E-state index in [1.165, 1.54) is 45.8 Å². The Morgan fingerprint density at radius 1 is 0.906 bits per heavy atom. The van der Waals surface area contributed by atoms with Gasteiger partial charge in [0.05, 0.1) is 17.8 Å². The van der Waals surface area contributed by atoms with E-state index in [2.05, 4.69) is 0 Å². The van der Waals surface area contributed by atoms with Crippen LogP contribution in [0.4, 0.5) is 18.9 Å². The summed E-state index contributed by atoms with van der Waals surface area (Å²) in [6.45, 7) is -0.0851. The van der Waals surface area contributed by atoms with Crippen molar-refractivity contribution in [3.05, 3.63) is 101 Å². The van der Waals surface area contributed by atoms with Crippen LogP contribution in [0.2, 0.25) is 0 Å². The zero-order valence-corrected chi connectivity index (χ0v) is 17.5. The summed E-state index contributed by atoms with van der Waals surface area (Å²) in [4.78, 5) is 28.4. The predicted molar refractivity (Wildman–Crippen MR) is 116 cm³/mol. The first-order valence-corrected chi connectivity index (χ1v) is 11.0. The minimum absolute atomic E-state index is 0.127. The summed E-state index contributed by atoms with van der Waals surface area (Å²) in [5.41, 5.74) is 0.663. The lowest BCUT2D eigenvalue weighted by Gasteiger charge is -2.33. The van der Waals surface area contributed by atoms with E-state index in [1.807, 2.05) is 0 Å². The lowest BCUT2D eigenvalue weighted by molar-refractivity contribution is -0.123. The van der Waals surface area contributed by atoms with Gasteiger partial charge in [-0.3, -0.25) is 9.59 Å². The first-order valence-electron chi connectivity index (χ1n) is 10.00. The molecule has 1 saturated heterocycles. The van der Waals surface area contributed by atoms with Gasteiger partial charge in [-0.25, -0.2) is 13.2 Å². The van der Waals surface area contributed by atoms with Gasteiger partial charge in [0.25, 0.3) is 11.8 Å². The van der Waals surface area contributed by atoms with Crippen LogP contribution in [0.5, 0.6) is 0 Å². The number of carbonyl (C=O) groups is 2. The molecule has 0 aliphatic carbocycles. The van der Waals surface area contributed by atoms with Gasteiger partial charge in [0.15, 0.2) is 4.87 Å². The van der Waals surface area contributed by atoms with Crippen molar-refractivity contribution in [3.8, 4) is 0 Å². The van der Waals surface area contributed by atoms with Gasteiger partial charge < -0.3 is 9.80 Å². The van der Waals surface area contributed by atoms with E-state index in [1.54, 1.807) is 30.3 Å².